The summed E-state index contributed by atoms with van der Waals surface area (Å²) in [5.74, 6) is -0.578. The van der Waals surface area contributed by atoms with Crippen molar-refractivity contribution in [1.29, 1.82) is 0 Å². The minimum Gasteiger partial charge on any atom is -0.330 e. The predicted molar refractivity (Wildman–Crippen MR) is 89.1 cm³/mol. The Bertz CT molecular complexity index is 754. The van der Waals surface area contributed by atoms with Crippen molar-refractivity contribution >= 4 is 21.6 Å². The zero-order valence-electron chi connectivity index (χ0n) is 12.5. The van der Waals surface area contributed by atoms with Crippen LogP contribution in [0.5, 0.6) is 0 Å². The number of benzene rings is 2. The number of nitrogens with zero attached hydrogens (tertiary/aromatic N) is 1. The van der Waals surface area contributed by atoms with Crippen molar-refractivity contribution in [3.8, 4) is 0 Å². The Hall–Kier alpha value is -1.47. The van der Waals surface area contributed by atoms with Gasteiger partial charge in [0.25, 0.3) is 0 Å². The van der Waals surface area contributed by atoms with Crippen LogP contribution < -0.4 is 5.73 Å². The molecule has 0 atom stereocenters. The van der Waals surface area contributed by atoms with E-state index in [2.05, 4.69) is 0 Å². The molecule has 0 bridgehead atoms. The van der Waals surface area contributed by atoms with Crippen LogP contribution in [0.3, 0.4) is 0 Å². The summed E-state index contributed by atoms with van der Waals surface area (Å²) in [6.45, 7) is 0.844. The Morgan fingerprint density at radius 2 is 1.83 bits per heavy atom. The second kappa shape index (κ2) is 7.88. The van der Waals surface area contributed by atoms with Crippen LogP contribution in [0.4, 0.5) is 4.39 Å². The lowest BCUT2D eigenvalue weighted by Crippen LogP contribution is -2.32. The molecule has 2 aromatic carbocycles. The van der Waals surface area contributed by atoms with Gasteiger partial charge in [-0.3, -0.25) is 0 Å². The highest BCUT2D eigenvalue weighted by molar-refractivity contribution is 7.89. The van der Waals surface area contributed by atoms with E-state index in [-0.39, 0.29) is 23.0 Å². The fraction of sp³-hybridized carbons (Fsp3) is 0.250. The molecule has 0 fully saturated rings. The van der Waals surface area contributed by atoms with Gasteiger partial charge in [-0.15, -0.1) is 0 Å². The van der Waals surface area contributed by atoms with E-state index in [1.54, 1.807) is 0 Å². The highest BCUT2D eigenvalue weighted by Crippen LogP contribution is 2.26. The number of nitrogens with two attached hydrogens (primary N) is 1. The van der Waals surface area contributed by atoms with Gasteiger partial charge in [-0.1, -0.05) is 41.9 Å². The molecule has 2 N–H and O–H groups in total. The topological polar surface area (TPSA) is 63.4 Å². The Morgan fingerprint density at radius 3 is 2.43 bits per heavy atom. The summed E-state index contributed by atoms with van der Waals surface area (Å²) < 4.78 is 40.2. The van der Waals surface area contributed by atoms with E-state index in [0.717, 1.165) is 17.7 Å². The molecule has 0 saturated heterocycles. The van der Waals surface area contributed by atoms with Crippen LogP contribution in [-0.4, -0.2) is 25.8 Å². The smallest absolute Gasteiger partial charge is 0.244 e. The fourth-order valence-electron chi connectivity index (χ4n) is 2.16. The van der Waals surface area contributed by atoms with Crippen LogP contribution in [0.15, 0.2) is 53.4 Å². The number of hydrogen-bond donors (Lipinski definition) is 1. The third-order valence-corrected chi connectivity index (χ3v) is 5.65. The first kappa shape index (κ1) is 17.9. The van der Waals surface area contributed by atoms with Gasteiger partial charge in [0.2, 0.25) is 10.0 Å². The van der Waals surface area contributed by atoms with Crippen LogP contribution in [0.25, 0.3) is 0 Å². The van der Waals surface area contributed by atoms with Gasteiger partial charge in [0.05, 0.1) is 5.02 Å². The molecule has 0 radical (unpaired) electrons. The van der Waals surface area contributed by atoms with Crippen molar-refractivity contribution in [3.63, 3.8) is 0 Å². The minimum absolute atomic E-state index is 0.103. The monoisotopic (exact) mass is 356 g/mol. The van der Waals surface area contributed by atoms with E-state index >= 15 is 0 Å². The van der Waals surface area contributed by atoms with Gasteiger partial charge < -0.3 is 5.73 Å². The molecular formula is C16H18ClFN2O2S. The predicted octanol–water partition coefficient (Wildman–Crippen LogP) is 3.02. The highest BCUT2D eigenvalue weighted by atomic mass is 35.5. The molecule has 0 amide bonds. The molecule has 0 aliphatic rings. The first-order chi connectivity index (χ1) is 10.9. The maximum atomic E-state index is 13.2. The molecule has 124 valence electrons. The highest BCUT2D eigenvalue weighted by Gasteiger charge is 2.26. The lowest BCUT2D eigenvalue weighted by atomic mass is 10.2. The van der Waals surface area contributed by atoms with E-state index in [1.807, 2.05) is 30.3 Å². The fourth-order valence-corrected chi connectivity index (χ4v) is 4.13. The molecule has 0 aromatic heterocycles. The normalized spacial score (nSPS) is 11.8. The van der Waals surface area contributed by atoms with Gasteiger partial charge in [-0.25, -0.2) is 12.8 Å². The largest absolute Gasteiger partial charge is 0.330 e. The number of rotatable bonds is 7. The van der Waals surface area contributed by atoms with Gasteiger partial charge in [0.15, 0.2) is 0 Å². The summed E-state index contributed by atoms with van der Waals surface area (Å²) in [4.78, 5) is -0.103. The quantitative estimate of drug-likeness (QED) is 0.829. The molecular weight excluding hydrogens is 339 g/mol. The van der Waals surface area contributed by atoms with E-state index in [4.69, 9.17) is 17.3 Å². The maximum absolute atomic E-state index is 13.2. The number of halogens is 2. The molecule has 0 unspecified atom stereocenters. The average molecular weight is 357 g/mol. The Kier molecular flexibility index (Phi) is 6.12. The Balaban J connectivity index is 2.36. The van der Waals surface area contributed by atoms with Crippen LogP contribution in [0, 0.1) is 5.82 Å². The van der Waals surface area contributed by atoms with E-state index in [9.17, 15) is 12.8 Å². The SMILES string of the molecule is NCCCN(Cc1ccccc1)S(=O)(=O)c1ccc(F)cc1Cl. The molecule has 4 nitrogen and oxygen atoms in total. The van der Waals surface area contributed by atoms with E-state index in [1.165, 1.54) is 10.4 Å². The summed E-state index contributed by atoms with van der Waals surface area (Å²) in [5.41, 5.74) is 6.36. The summed E-state index contributed by atoms with van der Waals surface area (Å²) in [7, 11) is -3.84. The van der Waals surface area contributed by atoms with Crippen molar-refractivity contribution in [2.24, 2.45) is 5.73 Å². The number of hydrogen-bond acceptors (Lipinski definition) is 3. The van der Waals surface area contributed by atoms with Crippen molar-refractivity contribution in [1.82, 2.24) is 4.31 Å². The second-order valence-corrected chi connectivity index (χ2v) is 7.35. The first-order valence-corrected chi connectivity index (χ1v) is 8.96. The van der Waals surface area contributed by atoms with Gasteiger partial charge in [-0.05, 0) is 36.7 Å². The summed E-state index contributed by atoms with van der Waals surface area (Å²) in [6.07, 6.45) is 0.519. The zero-order chi connectivity index (χ0) is 16.9. The maximum Gasteiger partial charge on any atom is 0.244 e. The van der Waals surface area contributed by atoms with Crippen LogP contribution in [-0.2, 0) is 16.6 Å². The Labute approximate surface area is 140 Å². The van der Waals surface area contributed by atoms with E-state index in [0.29, 0.717) is 13.0 Å². The van der Waals surface area contributed by atoms with Crippen molar-refractivity contribution in [2.45, 2.75) is 17.9 Å². The van der Waals surface area contributed by atoms with E-state index < -0.39 is 15.8 Å². The molecule has 0 saturated carbocycles. The van der Waals surface area contributed by atoms with Gasteiger partial charge in [0.1, 0.15) is 10.7 Å². The standard InChI is InChI=1S/C16H18ClFN2O2S/c17-15-11-14(18)7-8-16(15)23(21,22)20(10-4-9-19)12-13-5-2-1-3-6-13/h1-3,5-8,11H,4,9-10,12,19H2. The van der Waals surface area contributed by atoms with Crippen LogP contribution >= 0.6 is 11.6 Å². The van der Waals surface area contributed by atoms with Gasteiger partial charge >= 0.3 is 0 Å². The molecule has 2 rings (SSSR count). The second-order valence-electron chi connectivity index (χ2n) is 5.04. The summed E-state index contributed by atoms with van der Waals surface area (Å²) in [6, 6.07) is 12.5. The summed E-state index contributed by atoms with van der Waals surface area (Å²) in [5, 5.41) is -0.129. The van der Waals surface area contributed by atoms with Crippen molar-refractivity contribution < 1.29 is 12.8 Å². The average Bonchev–Trinajstić information content (AvgIpc) is 2.52. The lowest BCUT2D eigenvalue weighted by Gasteiger charge is -2.22. The molecule has 0 aliphatic carbocycles. The minimum atomic E-state index is -3.84. The molecule has 7 heteroatoms. The molecule has 23 heavy (non-hydrogen) atoms. The first-order valence-electron chi connectivity index (χ1n) is 7.14. The van der Waals surface area contributed by atoms with Crippen molar-refractivity contribution in [2.75, 3.05) is 13.1 Å². The summed E-state index contributed by atoms with van der Waals surface area (Å²) >= 11 is 5.92. The Morgan fingerprint density at radius 1 is 1.13 bits per heavy atom. The third-order valence-electron chi connectivity index (χ3n) is 3.33. The van der Waals surface area contributed by atoms with Crippen LogP contribution in [0.2, 0.25) is 5.02 Å². The van der Waals surface area contributed by atoms with Crippen molar-refractivity contribution in [3.05, 3.63) is 64.9 Å². The molecule has 2 aromatic rings. The molecule has 0 spiro atoms. The molecule has 0 heterocycles. The van der Waals surface area contributed by atoms with Gasteiger partial charge in [-0.2, -0.15) is 4.31 Å². The lowest BCUT2D eigenvalue weighted by molar-refractivity contribution is 0.401. The molecule has 0 aliphatic heterocycles. The third kappa shape index (κ3) is 4.51. The number of sulfonamides is 1. The van der Waals surface area contributed by atoms with Crippen LogP contribution in [0.1, 0.15) is 12.0 Å². The zero-order valence-corrected chi connectivity index (χ0v) is 14.0. The van der Waals surface area contributed by atoms with Gasteiger partial charge in [0, 0.05) is 13.1 Å².